The summed E-state index contributed by atoms with van der Waals surface area (Å²) >= 11 is 7.69. The second-order valence-electron chi connectivity index (χ2n) is 8.84. The van der Waals surface area contributed by atoms with Gasteiger partial charge in [-0.3, -0.25) is 9.36 Å². The Labute approximate surface area is 239 Å². The van der Waals surface area contributed by atoms with E-state index >= 15 is 0 Å². The van der Waals surface area contributed by atoms with Gasteiger partial charge in [-0.1, -0.05) is 52.8 Å². The average Bonchev–Trinajstić information content (AvgIpc) is 3.22. The molecule has 0 N–H and O–H groups in total. The van der Waals surface area contributed by atoms with E-state index < -0.39 is 18.0 Å². The van der Waals surface area contributed by atoms with Crippen LogP contribution < -0.4 is 24.4 Å². The highest BCUT2D eigenvalue weighted by atomic mass is 35.5. The molecule has 11 heteroatoms. The molecule has 3 aromatic rings. The first-order valence-electron chi connectivity index (χ1n) is 12.6. The third kappa shape index (κ3) is 5.97. The zero-order chi connectivity index (χ0) is 29.0. The Kier molecular flexibility index (Phi) is 9.11. The SMILES string of the molecule is CCOC(=O)C1=C(C)N=c2s/c(=C/c3cc(Cl)c(OCC(=O)OC)c(OCC)c3)c(=O)n2[C@@H]1c1ccc(C)cc1. The van der Waals surface area contributed by atoms with Crippen molar-refractivity contribution >= 4 is 41.0 Å². The van der Waals surface area contributed by atoms with Gasteiger partial charge in [-0.2, -0.15) is 0 Å². The van der Waals surface area contributed by atoms with E-state index in [-0.39, 0.29) is 29.5 Å². The minimum Gasteiger partial charge on any atom is -0.490 e. The van der Waals surface area contributed by atoms with Crippen LogP contribution in [-0.4, -0.2) is 43.4 Å². The molecule has 2 heterocycles. The average molecular weight is 585 g/mol. The van der Waals surface area contributed by atoms with Gasteiger partial charge in [0.1, 0.15) is 0 Å². The van der Waals surface area contributed by atoms with Crippen molar-refractivity contribution in [1.82, 2.24) is 4.57 Å². The fourth-order valence-corrected chi connectivity index (χ4v) is 5.59. The molecule has 0 amide bonds. The highest BCUT2D eigenvalue weighted by molar-refractivity contribution is 7.07. The summed E-state index contributed by atoms with van der Waals surface area (Å²) in [5, 5.41) is 0.201. The van der Waals surface area contributed by atoms with Crippen LogP contribution in [0.3, 0.4) is 0 Å². The third-order valence-corrected chi connectivity index (χ3v) is 7.37. The van der Waals surface area contributed by atoms with Gasteiger partial charge in [0.2, 0.25) is 0 Å². The molecule has 0 saturated heterocycles. The molecule has 0 bridgehead atoms. The number of benzene rings is 2. The molecular weight excluding hydrogens is 556 g/mol. The van der Waals surface area contributed by atoms with Crippen molar-refractivity contribution in [1.29, 1.82) is 0 Å². The van der Waals surface area contributed by atoms with Crippen molar-refractivity contribution in [3.05, 3.63) is 89.1 Å². The van der Waals surface area contributed by atoms with E-state index in [2.05, 4.69) is 9.73 Å². The predicted octanol–water partition coefficient (Wildman–Crippen LogP) is 3.71. The first-order valence-corrected chi connectivity index (χ1v) is 13.8. The lowest BCUT2D eigenvalue weighted by atomic mass is 9.95. The van der Waals surface area contributed by atoms with Crippen LogP contribution in [0.2, 0.25) is 5.02 Å². The maximum atomic E-state index is 13.8. The van der Waals surface area contributed by atoms with Crippen molar-refractivity contribution in [2.45, 2.75) is 33.7 Å². The van der Waals surface area contributed by atoms with E-state index in [1.54, 1.807) is 39.0 Å². The molecule has 0 spiro atoms. The van der Waals surface area contributed by atoms with E-state index in [1.807, 2.05) is 31.2 Å². The van der Waals surface area contributed by atoms with Crippen LogP contribution in [0, 0.1) is 6.92 Å². The molecule has 9 nitrogen and oxygen atoms in total. The number of esters is 2. The minimum absolute atomic E-state index is 0.196. The van der Waals surface area contributed by atoms with Gasteiger partial charge < -0.3 is 18.9 Å². The predicted molar refractivity (Wildman–Crippen MR) is 152 cm³/mol. The fourth-order valence-electron chi connectivity index (χ4n) is 4.27. The van der Waals surface area contributed by atoms with Gasteiger partial charge in [0, 0.05) is 0 Å². The van der Waals surface area contributed by atoms with E-state index in [9.17, 15) is 14.4 Å². The van der Waals surface area contributed by atoms with Crippen molar-refractivity contribution in [2.75, 3.05) is 26.9 Å². The van der Waals surface area contributed by atoms with Gasteiger partial charge in [0.25, 0.3) is 5.56 Å². The van der Waals surface area contributed by atoms with Crippen LogP contribution in [0.1, 0.15) is 43.5 Å². The normalized spacial score (nSPS) is 14.8. The molecule has 4 rings (SSSR count). The Balaban J connectivity index is 1.86. The first kappa shape index (κ1) is 29.1. The smallest absolute Gasteiger partial charge is 0.343 e. The Bertz CT molecular complexity index is 1650. The van der Waals surface area contributed by atoms with Crippen LogP contribution in [0.4, 0.5) is 0 Å². The monoisotopic (exact) mass is 584 g/mol. The molecule has 0 unspecified atom stereocenters. The summed E-state index contributed by atoms with van der Waals surface area (Å²) < 4.78 is 23.1. The topological polar surface area (TPSA) is 105 Å². The molecule has 210 valence electrons. The number of ether oxygens (including phenoxy) is 4. The number of thiazole rings is 1. The molecule has 1 aliphatic rings. The lowest BCUT2D eigenvalue weighted by molar-refractivity contribution is -0.143. The van der Waals surface area contributed by atoms with E-state index in [1.165, 1.54) is 23.0 Å². The number of aromatic nitrogens is 1. The first-order chi connectivity index (χ1) is 19.2. The van der Waals surface area contributed by atoms with Gasteiger partial charge >= 0.3 is 11.9 Å². The number of nitrogens with zero attached hydrogens (tertiary/aromatic N) is 2. The minimum atomic E-state index is -0.699. The molecule has 0 aliphatic carbocycles. The summed E-state index contributed by atoms with van der Waals surface area (Å²) in [6.07, 6.45) is 1.68. The van der Waals surface area contributed by atoms with Crippen molar-refractivity contribution in [2.24, 2.45) is 4.99 Å². The van der Waals surface area contributed by atoms with Gasteiger partial charge in [-0.15, -0.1) is 0 Å². The molecule has 40 heavy (non-hydrogen) atoms. The number of fused-ring (bicyclic) bond motifs is 1. The second kappa shape index (κ2) is 12.5. The number of carbonyl (C=O) groups excluding carboxylic acids is 2. The van der Waals surface area contributed by atoms with Gasteiger partial charge in [-0.05, 0) is 57.0 Å². The number of rotatable bonds is 9. The number of halogens is 1. The third-order valence-electron chi connectivity index (χ3n) is 6.10. The quantitative estimate of drug-likeness (QED) is 0.353. The van der Waals surface area contributed by atoms with E-state index in [0.29, 0.717) is 38.5 Å². The Morgan fingerprint density at radius 3 is 2.48 bits per heavy atom. The van der Waals surface area contributed by atoms with Crippen molar-refractivity contribution < 1.29 is 28.5 Å². The molecule has 2 aromatic carbocycles. The van der Waals surface area contributed by atoms with E-state index in [0.717, 1.165) is 11.1 Å². The molecule has 1 atom stereocenters. The Hall–Kier alpha value is -3.89. The second-order valence-corrected chi connectivity index (χ2v) is 10.3. The van der Waals surface area contributed by atoms with Crippen LogP contribution in [0.25, 0.3) is 6.08 Å². The summed E-state index contributed by atoms with van der Waals surface area (Å²) in [4.78, 5) is 43.5. The number of hydrogen-bond donors (Lipinski definition) is 0. The number of methoxy groups -OCH3 is 1. The summed E-state index contributed by atoms with van der Waals surface area (Å²) in [7, 11) is 1.26. The van der Waals surface area contributed by atoms with Gasteiger partial charge in [-0.25, -0.2) is 14.6 Å². The number of carbonyl (C=O) groups is 2. The highest BCUT2D eigenvalue weighted by Crippen LogP contribution is 2.37. The maximum absolute atomic E-state index is 13.8. The van der Waals surface area contributed by atoms with Gasteiger partial charge in [0.15, 0.2) is 22.9 Å². The van der Waals surface area contributed by atoms with Gasteiger partial charge in [0.05, 0.1) is 47.2 Å². The molecule has 0 fully saturated rings. The molecule has 1 aliphatic heterocycles. The summed E-state index contributed by atoms with van der Waals surface area (Å²) in [5.74, 6) is -0.568. The standard InChI is InChI=1S/C29H29ClN2O7S/c1-6-37-21-13-18(12-20(30)26(21)39-15-23(33)36-5)14-22-27(34)32-25(19-10-8-16(3)9-11-19)24(28(35)38-7-2)17(4)31-29(32)40-22/h8-14,25H,6-7,15H2,1-5H3/b22-14+/t25-/m1/s1. The molecule has 1 aromatic heterocycles. The number of allylic oxidation sites excluding steroid dienone is 1. The van der Waals surface area contributed by atoms with Crippen LogP contribution in [0.15, 0.2) is 57.5 Å². The van der Waals surface area contributed by atoms with Crippen LogP contribution >= 0.6 is 22.9 Å². The number of aryl methyl sites for hydroxylation is 1. The number of hydrogen-bond acceptors (Lipinski definition) is 9. The van der Waals surface area contributed by atoms with Crippen molar-refractivity contribution in [3.63, 3.8) is 0 Å². The Morgan fingerprint density at radius 1 is 1.10 bits per heavy atom. The molecule has 0 saturated carbocycles. The van der Waals surface area contributed by atoms with Crippen LogP contribution in [0.5, 0.6) is 11.5 Å². The lowest BCUT2D eigenvalue weighted by Gasteiger charge is -2.24. The largest absolute Gasteiger partial charge is 0.490 e. The Morgan fingerprint density at radius 2 is 1.82 bits per heavy atom. The molecular formula is C29H29ClN2O7S. The molecule has 0 radical (unpaired) electrons. The fraction of sp³-hybridized carbons (Fsp3) is 0.310. The zero-order valence-electron chi connectivity index (χ0n) is 22.8. The lowest BCUT2D eigenvalue weighted by Crippen LogP contribution is -2.39. The van der Waals surface area contributed by atoms with E-state index in [4.69, 9.17) is 25.8 Å². The van der Waals surface area contributed by atoms with Crippen LogP contribution in [-0.2, 0) is 19.1 Å². The maximum Gasteiger partial charge on any atom is 0.343 e. The highest BCUT2D eigenvalue weighted by Gasteiger charge is 2.33. The van der Waals surface area contributed by atoms with Crippen molar-refractivity contribution in [3.8, 4) is 11.5 Å². The summed E-state index contributed by atoms with van der Waals surface area (Å²) in [6.45, 7) is 7.43. The summed E-state index contributed by atoms with van der Waals surface area (Å²) in [6, 6.07) is 10.3. The summed E-state index contributed by atoms with van der Waals surface area (Å²) in [5.41, 5.74) is 2.89. The zero-order valence-corrected chi connectivity index (χ0v) is 24.4.